The van der Waals surface area contributed by atoms with Crippen molar-refractivity contribution in [1.82, 2.24) is 10.2 Å². The van der Waals surface area contributed by atoms with E-state index in [1.165, 1.54) is 30.5 Å². The zero-order valence-electron chi connectivity index (χ0n) is 11.2. The van der Waals surface area contributed by atoms with Gasteiger partial charge in [0.15, 0.2) is 0 Å². The Balaban J connectivity index is 2.24. The number of nitrogens with zero attached hydrogens (tertiary/aromatic N) is 1. The minimum atomic E-state index is 0.580. The molecule has 2 rings (SSSR count). The van der Waals surface area contributed by atoms with Crippen molar-refractivity contribution in [3.05, 3.63) is 35.4 Å². The molecule has 1 aromatic carbocycles. The van der Waals surface area contributed by atoms with Crippen LogP contribution in [-0.2, 0) is 0 Å². The second-order valence-corrected chi connectivity index (χ2v) is 5.30. The van der Waals surface area contributed by atoms with Crippen molar-refractivity contribution in [3.8, 4) is 0 Å². The molecular formula is C15H24N2. The lowest BCUT2D eigenvalue weighted by Crippen LogP contribution is -2.39. The molecule has 2 atom stereocenters. The van der Waals surface area contributed by atoms with E-state index in [0.717, 1.165) is 12.5 Å². The van der Waals surface area contributed by atoms with Gasteiger partial charge in [-0.15, -0.1) is 0 Å². The summed E-state index contributed by atoms with van der Waals surface area (Å²) in [5.41, 5.74) is 2.84. The second kappa shape index (κ2) is 5.65. The molecule has 0 aromatic heterocycles. The number of rotatable bonds is 3. The maximum absolute atomic E-state index is 3.35. The highest BCUT2D eigenvalue weighted by Gasteiger charge is 2.29. The summed E-state index contributed by atoms with van der Waals surface area (Å²) in [7, 11) is 4.32. The Morgan fingerprint density at radius 3 is 2.94 bits per heavy atom. The van der Waals surface area contributed by atoms with E-state index in [0.29, 0.717) is 6.04 Å². The van der Waals surface area contributed by atoms with Crippen molar-refractivity contribution in [3.63, 3.8) is 0 Å². The molecule has 2 nitrogen and oxygen atoms in total. The summed E-state index contributed by atoms with van der Waals surface area (Å²) in [6.07, 6.45) is 2.66. The number of hydrogen-bond acceptors (Lipinski definition) is 2. The van der Waals surface area contributed by atoms with Gasteiger partial charge in [0.2, 0.25) is 0 Å². The summed E-state index contributed by atoms with van der Waals surface area (Å²) < 4.78 is 0. The largest absolute Gasteiger partial charge is 0.319 e. The van der Waals surface area contributed by atoms with Crippen LogP contribution in [0.4, 0.5) is 0 Å². The van der Waals surface area contributed by atoms with Gasteiger partial charge in [-0.1, -0.05) is 29.8 Å². The quantitative estimate of drug-likeness (QED) is 0.862. The monoisotopic (exact) mass is 232 g/mol. The molecule has 94 valence electrons. The zero-order valence-corrected chi connectivity index (χ0v) is 11.2. The summed E-state index contributed by atoms with van der Waals surface area (Å²) in [5.74, 6) is 0.737. The molecule has 2 heteroatoms. The zero-order chi connectivity index (χ0) is 12.3. The van der Waals surface area contributed by atoms with Crippen LogP contribution in [0.1, 0.15) is 30.0 Å². The molecule has 0 amide bonds. The van der Waals surface area contributed by atoms with Gasteiger partial charge in [0.05, 0.1) is 0 Å². The number of aryl methyl sites for hydroxylation is 1. The average molecular weight is 232 g/mol. The number of nitrogens with one attached hydrogen (secondary N) is 1. The highest BCUT2D eigenvalue weighted by atomic mass is 15.1. The highest BCUT2D eigenvalue weighted by Crippen LogP contribution is 2.34. The van der Waals surface area contributed by atoms with E-state index in [-0.39, 0.29) is 0 Å². The summed E-state index contributed by atoms with van der Waals surface area (Å²) in [5, 5.41) is 3.35. The summed E-state index contributed by atoms with van der Waals surface area (Å²) in [6, 6.07) is 9.57. The van der Waals surface area contributed by atoms with Crippen LogP contribution in [0.15, 0.2) is 24.3 Å². The van der Waals surface area contributed by atoms with Gasteiger partial charge in [-0.25, -0.2) is 0 Å². The van der Waals surface area contributed by atoms with Gasteiger partial charge < -0.3 is 5.32 Å². The first-order valence-corrected chi connectivity index (χ1v) is 6.64. The first-order valence-electron chi connectivity index (χ1n) is 6.64. The van der Waals surface area contributed by atoms with Crippen molar-refractivity contribution in [1.29, 1.82) is 0 Å². The van der Waals surface area contributed by atoms with Crippen LogP contribution >= 0.6 is 0 Å². The van der Waals surface area contributed by atoms with Crippen LogP contribution in [0.25, 0.3) is 0 Å². The van der Waals surface area contributed by atoms with Crippen molar-refractivity contribution >= 4 is 0 Å². The van der Waals surface area contributed by atoms with Gasteiger partial charge in [-0.2, -0.15) is 0 Å². The Bertz CT molecular complexity index is 360. The average Bonchev–Trinajstić information content (AvgIpc) is 2.29. The topological polar surface area (TPSA) is 15.3 Å². The molecule has 1 heterocycles. The molecule has 0 bridgehead atoms. The first kappa shape index (κ1) is 12.6. The fourth-order valence-electron chi connectivity index (χ4n) is 3.12. The maximum Gasteiger partial charge on any atom is 0.0385 e. The van der Waals surface area contributed by atoms with Gasteiger partial charge >= 0.3 is 0 Å². The standard InChI is InChI=1S/C15H24N2/c1-12-6-4-7-13(10-12)15-14(11-16-2)8-5-9-17(15)3/h4,6-7,10,14-16H,5,8-9,11H2,1-3H3. The Kier molecular flexibility index (Phi) is 4.19. The molecule has 2 unspecified atom stereocenters. The number of hydrogen-bond donors (Lipinski definition) is 1. The number of likely N-dealkylation sites (tertiary alicyclic amines) is 1. The molecule has 0 saturated carbocycles. The lowest BCUT2D eigenvalue weighted by Gasteiger charge is -2.39. The molecule has 1 aliphatic heterocycles. The van der Waals surface area contributed by atoms with Crippen molar-refractivity contribution in [2.45, 2.75) is 25.8 Å². The number of piperidine rings is 1. The van der Waals surface area contributed by atoms with E-state index in [1.807, 2.05) is 0 Å². The van der Waals surface area contributed by atoms with Gasteiger partial charge in [0, 0.05) is 6.04 Å². The molecule has 1 aromatic rings. The summed E-state index contributed by atoms with van der Waals surface area (Å²) in [4.78, 5) is 2.51. The molecule has 0 spiro atoms. The van der Waals surface area contributed by atoms with Crippen molar-refractivity contribution in [2.24, 2.45) is 5.92 Å². The van der Waals surface area contributed by atoms with Crippen molar-refractivity contribution in [2.75, 3.05) is 27.2 Å². The van der Waals surface area contributed by atoms with Crippen LogP contribution < -0.4 is 5.32 Å². The first-order chi connectivity index (χ1) is 8.22. The molecular weight excluding hydrogens is 208 g/mol. The van der Waals surface area contributed by atoms with Crippen LogP contribution in [0, 0.1) is 12.8 Å². The van der Waals surface area contributed by atoms with E-state index in [2.05, 4.69) is 55.5 Å². The molecule has 1 aliphatic rings. The van der Waals surface area contributed by atoms with Crippen molar-refractivity contribution < 1.29 is 0 Å². The Morgan fingerprint density at radius 1 is 1.41 bits per heavy atom. The lowest BCUT2D eigenvalue weighted by atomic mass is 9.84. The van der Waals surface area contributed by atoms with E-state index < -0.39 is 0 Å². The predicted octanol–water partition coefficient (Wildman–Crippen LogP) is 2.60. The van der Waals surface area contributed by atoms with E-state index >= 15 is 0 Å². The molecule has 1 fully saturated rings. The minimum absolute atomic E-state index is 0.580. The van der Waals surface area contributed by atoms with Crippen LogP contribution in [0.3, 0.4) is 0 Å². The fraction of sp³-hybridized carbons (Fsp3) is 0.600. The van der Waals surface area contributed by atoms with Gasteiger partial charge in [-0.3, -0.25) is 4.90 Å². The molecule has 17 heavy (non-hydrogen) atoms. The predicted molar refractivity (Wildman–Crippen MR) is 73.2 cm³/mol. The Labute approximate surface area is 105 Å². The van der Waals surface area contributed by atoms with E-state index in [4.69, 9.17) is 0 Å². The molecule has 1 saturated heterocycles. The van der Waals surface area contributed by atoms with Crippen LogP contribution in [0.2, 0.25) is 0 Å². The van der Waals surface area contributed by atoms with E-state index in [9.17, 15) is 0 Å². The Hall–Kier alpha value is -0.860. The van der Waals surface area contributed by atoms with Crippen LogP contribution in [0.5, 0.6) is 0 Å². The summed E-state index contributed by atoms with van der Waals surface area (Å²) in [6.45, 7) is 4.52. The van der Waals surface area contributed by atoms with Crippen LogP contribution in [-0.4, -0.2) is 32.1 Å². The molecule has 1 N–H and O–H groups in total. The van der Waals surface area contributed by atoms with Gasteiger partial charge in [0.25, 0.3) is 0 Å². The minimum Gasteiger partial charge on any atom is -0.319 e. The highest BCUT2D eigenvalue weighted by molar-refractivity contribution is 5.26. The lowest BCUT2D eigenvalue weighted by molar-refractivity contribution is 0.121. The Morgan fingerprint density at radius 2 is 2.24 bits per heavy atom. The normalized spacial score (nSPS) is 26.1. The second-order valence-electron chi connectivity index (χ2n) is 5.30. The van der Waals surface area contributed by atoms with E-state index in [1.54, 1.807) is 0 Å². The number of benzene rings is 1. The third kappa shape index (κ3) is 2.88. The third-order valence-electron chi connectivity index (χ3n) is 3.86. The molecule has 0 aliphatic carbocycles. The van der Waals surface area contributed by atoms with Gasteiger partial charge in [-0.05, 0) is 58.4 Å². The maximum atomic E-state index is 3.35. The fourth-order valence-corrected chi connectivity index (χ4v) is 3.12. The summed E-state index contributed by atoms with van der Waals surface area (Å²) >= 11 is 0. The smallest absolute Gasteiger partial charge is 0.0385 e. The third-order valence-corrected chi connectivity index (χ3v) is 3.86. The SMILES string of the molecule is CNCC1CCCN(C)C1c1cccc(C)c1. The van der Waals surface area contributed by atoms with Gasteiger partial charge in [0.1, 0.15) is 0 Å². The molecule has 0 radical (unpaired) electrons.